The van der Waals surface area contributed by atoms with E-state index in [2.05, 4.69) is 24.3 Å². The summed E-state index contributed by atoms with van der Waals surface area (Å²) >= 11 is 0. The third kappa shape index (κ3) is 3.00. The predicted molar refractivity (Wildman–Crippen MR) is 114 cm³/mol. The maximum Gasteiger partial charge on any atom is 0.239 e. The average Bonchev–Trinajstić information content (AvgIpc) is 3.35. The van der Waals surface area contributed by atoms with Crippen LogP contribution in [0, 0.1) is 11.8 Å². The van der Waals surface area contributed by atoms with Crippen molar-refractivity contribution in [1.29, 1.82) is 0 Å². The number of sulfonamides is 1. The molecule has 0 radical (unpaired) electrons. The Morgan fingerprint density at radius 2 is 1.75 bits per heavy atom. The van der Waals surface area contributed by atoms with Crippen LogP contribution in [0.25, 0.3) is 0 Å². The summed E-state index contributed by atoms with van der Waals surface area (Å²) in [7, 11) is -3.49. The van der Waals surface area contributed by atoms with Crippen molar-refractivity contribution in [3.8, 4) is 0 Å². The largest absolute Gasteiger partial charge is 0.262 e. The van der Waals surface area contributed by atoms with Gasteiger partial charge in [-0.2, -0.15) is 0 Å². The summed E-state index contributed by atoms with van der Waals surface area (Å²) in [5.41, 5.74) is 4.33. The molecule has 0 fully saturated rings. The number of anilines is 1. The first kappa shape index (κ1) is 17.7. The Bertz CT molecular complexity index is 1040. The van der Waals surface area contributed by atoms with Crippen molar-refractivity contribution in [2.24, 2.45) is 11.8 Å². The Hall–Kier alpha value is -2.33. The molecule has 144 valence electrons. The lowest BCUT2D eigenvalue weighted by atomic mass is 9.79. The van der Waals surface area contributed by atoms with E-state index in [1.807, 2.05) is 48.5 Å². The van der Waals surface area contributed by atoms with Crippen molar-refractivity contribution in [1.82, 2.24) is 0 Å². The van der Waals surface area contributed by atoms with Gasteiger partial charge < -0.3 is 0 Å². The number of nitrogens with zero attached hydrogens (tertiary/aromatic N) is 1. The molecule has 5 rings (SSSR count). The SMILES string of the molecule is O=S(=O)(Cc1ccccc1)N1c2ccccc2CC2C(C3=CCCC3)C=CC21. The molecule has 0 bridgehead atoms. The lowest BCUT2D eigenvalue weighted by Gasteiger charge is -2.41. The van der Waals surface area contributed by atoms with Crippen molar-refractivity contribution in [3.05, 3.63) is 89.5 Å². The molecule has 1 heterocycles. The summed E-state index contributed by atoms with van der Waals surface area (Å²) in [5, 5.41) is 0. The van der Waals surface area contributed by atoms with Crippen LogP contribution < -0.4 is 4.31 Å². The zero-order valence-electron chi connectivity index (χ0n) is 15.9. The Kier molecular flexibility index (Phi) is 4.39. The average molecular weight is 392 g/mol. The highest BCUT2D eigenvalue weighted by atomic mass is 32.2. The standard InChI is InChI=1S/C24H25NO2S/c26-28(27,17-18-8-2-1-3-9-18)25-23-13-7-6-12-20(23)16-22-21(14-15-24(22)25)19-10-4-5-11-19/h1-3,6-10,12-15,21-22,24H,4-5,11,16-17H2. The fraction of sp³-hybridized carbons (Fsp3) is 0.333. The van der Waals surface area contributed by atoms with E-state index in [1.54, 1.807) is 4.31 Å². The maximum absolute atomic E-state index is 13.6. The van der Waals surface area contributed by atoms with Gasteiger partial charge in [0.05, 0.1) is 17.5 Å². The van der Waals surface area contributed by atoms with Crippen LogP contribution in [0.1, 0.15) is 30.4 Å². The van der Waals surface area contributed by atoms with Gasteiger partial charge in [-0.15, -0.1) is 0 Å². The number of fused-ring (bicyclic) bond motifs is 2. The molecule has 2 aromatic rings. The quantitative estimate of drug-likeness (QED) is 0.698. The Labute approximate surface area is 167 Å². The van der Waals surface area contributed by atoms with Gasteiger partial charge in [-0.3, -0.25) is 4.31 Å². The van der Waals surface area contributed by atoms with Crippen LogP contribution in [0.5, 0.6) is 0 Å². The fourth-order valence-electron chi connectivity index (χ4n) is 5.13. The van der Waals surface area contributed by atoms with Gasteiger partial charge in [0.1, 0.15) is 0 Å². The van der Waals surface area contributed by atoms with Crippen molar-refractivity contribution in [3.63, 3.8) is 0 Å². The van der Waals surface area contributed by atoms with Gasteiger partial charge in [-0.05, 0) is 48.8 Å². The number of allylic oxidation sites excluding steroid dienone is 3. The zero-order valence-corrected chi connectivity index (χ0v) is 16.7. The Balaban J connectivity index is 1.55. The van der Waals surface area contributed by atoms with E-state index < -0.39 is 10.0 Å². The van der Waals surface area contributed by atoms with Gasteiger partial charge in [0.15, 0.2) is 0 Å². The molecule has 1 aliphatic heterocycles. The second-order valence-electron chi connectivity index (χ2n) is 8.11. The van der Waals surface area contributed by atoms with Gasteiger partial charge >= 0.3 is 0 Å². The third-order valence-electron chi connectivity index (χ3n) is 6.37. The molecule has 3 aliphatic rings. The predicted octanol–water partition coefficient (Wildman–Crippen LogP) is 4.86. The van der Waals surface area contributed by atoms with Crippen LogP contribution in [0.15, 0.2) is 78.4 Å². The second kappa shape index (κ2) is 6.93. The van der Waals surface area contributed by atoms with Crippen LogP contribution in [0.4, 0.5) is 5.69 Å². The van der Waals surface area contributed by atoms with Crippen molar-refractivity contribution < 1.29 is 8.42 Å². The lowest BCUT2D eigenvalue weighted by Crippen LogP contribution is -2.48. The van der Waals surface area contributed by atoms with Crippen LogP contribution in [-0.2, 0) is 22.2 Å². The smallest absolute Gasteiger partial charge is 0.239 e. The Morgan fingerprint density at radius 3 is 2.54 bits per heavy atom. The number of rotatable bonds is 4. The number of benzene rings is 2. The Morgan fingerprint density at radius 1 is 0.964 bits per heavy atom. The second-order valence-corrected chi connectivity index (χ2v) is 9.95. The van der Waals surface area contributed by atoms with E-state index in [4.69, 9.17) is 0 Å². The van der Waals surface area contributed by atoms with E-state index in [9.17, 15) is 8.42 Å². The van der Waals surface area contributed by atoms with E-state index in [0.717, 1.165) is 36.1 Å². The minimum atomic E-state index is -3.49. The van der Waals surface area contributed by atoms with Crippen molar-refractivity contribution >= 4 is 15.7 Å². The first-order valence-corrected chi connectivity index (χ1v) is 11.8. The normalized spacial score (nSPS) is 26.1. The van der Waals surface area contributed by atoms with Crippen LogP contribution in [0.3, 0.4) is 0 Å². The molecular weight excluding hydrogens is 366 g/mol. The highest BCUT2D eigenvalue weighted by Crippen LogP contribution is 2.47. The molecule has 0 amide bonds. The number of para-hydroxylation sites is 1. The summed E-state index contributed by atoms with van der Waals surface area (Å²) in [6.07, 6.45) is 11.3. The van der Waals surface area contributed by atoms with Gasteiger partial charge in [-0.25, -0.2) is 8.42 Å². The molecule has 0 saturated carbocycles. The highest BCUT2D eigenvalue weighted by molar-refractivity contribution is 7.92. The van der Waals surface area contributed by atoms with Crippen molar-refractivity contribution in [2.75, 3.05) is 4.31 Å². The number of hydrogen-bond acceptors (Lipinski definition) is 2. The minimum absolute atomic E-state index is 0.0343. The summed E-state index contributed by atoms with van der Waals surface area (Å²) in [5.74, 6) is 0.701. The molecule has 3 unspecified atom stereocenters. The van der Waals surface area contributed by atoms with E-state index in [1.165, 1.54) is 12.0 Å². The number of hydrogen-bond donors (Lipinski definition) is 0. The fourth-order valence-corrected chi connectivity index (χ4v) is 6.96. The van der Waals surface area contributed by atoms with Crippen LogP contribution >= 0.6 is 0 Å². The van der Waals surface area contributed by atoms with Gasteiger partial charge in [-0.1, -0.05) is 72.3 Å². The van der Waals surface area contributed by atoms with E-state index >= 15 is 0 Å². The molecular formula is C24H25NO2S. The molecule has 3 nitrogen and oxygen atoms in total. The summed E-state index contributed by atoms with van der Waals surface area (Å²) in [4.78, 5) is 0. The summed E-state index contributed by atoms with van der Waals surface area (Å²) in [6, 6.07) is 17.4. The molecule has 4 heteroatoms. The summed E-state index contributed by atoms with van der Waals surface area (Å²) < 4.78 is 28.8. The molecule has 0 saturated heterocycles. The monoisotopic (exact) mass is 391 g/mol. The van der Waals surface area contributed by atoms with Gasteiger partial charge in [0, 0.05) is 5.92 Å². The molecule has 0 N–H and O–H groups in total. The molecule has 0 spiro atoms. The first-order valence-electron chi connectivity index (χ1n) is 10.1. The molecule has 2 aliphatic carbocycles. The minimum Gasteiger partial charge on any atom is -0.262 e. The van der Waals surface area contributed by atoms with Gasteiger partial charge in [0.25, 0.3) is 0 Å². The molecule has 2 aromatic carbocycles. The third-order valence-corrected chi connectivity index (χ3v) is 8.10. The van der Waals surface area contributed by atoms with Gasteiger partial charge in [0.2, 0.25) is 10.0 Å². The van der Waals surface area contributed by atoms with Crippen LogP contribution in [0.2, 0.25) is 0 Å². The maximum atomic E-state index is 13.6. The summed E-state index contributed by atoms with van der Waals surface area (Å²) in [6.45, 7) is 0. The van der Waals surface area contributed by atoms with E-state index in [-0.39, 0.29) is 11.8 Å². The first-order chi connectivity index (χ1) is 13.6. The molecule has 0 aromatic heterocycles. The molecule has 28 heavy (non-hydrogen) atoms. The van der Waals surface area contributed by atoms with Crippen LogP contribution in [-0.4, -0.2) is 14.5 Å². The topological polar surface area (TPSA) is 37.4 Å². The zero-order chi connectivity index (χ0) is 19.1. The van der Waals surface area contributed by atoms with Crippen molar-refractivity contribution in [2.45, 2.75) is 37.5 Å². The lowest BCUT2D eigenvalue weighted by molar-refractivity contribution is 0.404. The molecule has 3 atom stereocenters. The van der Waals surface area contributed by atoms with E-state index in [0.29, 0.717) is 11.8 Å². The highest BCUT2D eigenvalue weighted by Gasteiger charge is 2.45.